The molecule has 1 unspecified atom stereocenters. The number of thiazole rings is 1. The minimum Gasteiger partial charge on any atom is -0.497 e. The molecule has 0 radical (unpaired) electrons. The lowest BCUT2D eigenvalue weighted by Crippen LogP contribution is -2.11. The molecule has 0 amide bonds. The largest absolute Gasteiger partial charge is 0.497 e. The molecule has 2 rings (SSSR count). The molecule has 2 aromatic rings. The first-order chi connectivity index (χ1) is 9.17. The zero-order chi connectivity index (χ0) is 13.7. The maximum absolute atomic E-state index is 10.0. The van der Waals surface area contributed by atoms with Gasteiger partial charge in [-0.1, -0.05) is 12.1 Å². The van der Waals surface area contributed by atoms with Gasteiger partial charge in [-0.25, -0.2) is 4.98 Å². The van der Waals surface area contributed by atoms with Crippen LogP contribution in [0.15, 0.2) is 29.6 Å². The molecular weight excluding hydrogens is 258 g/mol. The first kappa shape index (κ1) is 14.0. The van der Waals surface area contributed by atoms with Crippen LogP contribution < -0.4 is 4.74 Å². The van der Waals surface area contributed by atoms with E-state index in [0.29, 0.717) is 6.42 Å². The highest BCUT2D eigenvalue weighted by Crippen LogP contribution is 2.15. The van der Waals surface area contributed by atoms with Crippen molar-refractivity contribution >= 4 is 11.3 Å². The van der Waals surface area contributed by atoms with E-state index in [1.807, 2.05) is 36.6 Å². The van der Waals surface area contributed by atoms with Gasteiger partial charge in [0.1, 0.15) is 5.75 Å². The van der Waals surface area contributed by atoms with Gasteiger partial charge in [0.25, 0.3) is 0 Å². The summed E-state index contributed by atoms with van der Waals surface area (Å²) in [5.74, 6) is 0.863. The normalized spacial score (nSPS) is 12.4. The summed E-state index contributed by atoms with van der Waals surface area (Å²) in [5.41, 5.74) is 2.21. The average Bonchev–Trinajstić information content (AvgIpc) is 2.82. The highest BCUT2D eigenvalue weighted by molar-refractivity contribution is 7.09. The first-order valence-electron chi connectivity index (χ1n) is 6.39. The van der Waals surface area contributed by atoms with Gasteiger partial charge < -0.3 is 9.84 Å². The van der Waals surface area contributed by atoms with Crippen molar-refractivity contribution in [2.75, 3.05) is 7.11 Å². The van der Waals surface area contributed by atoms with Crippen LogP contribution >= 0.6 is 11.3 Å². The van der Waals surface area contributed by atoms with Crippen molar-refractivity contribution in [1.29, 1.82) is 0 Å². The van der Waals surface area contributed by atoms with E-state index in [0.717, 1.165) is 29.3 Å². The molecule has 0 aliphatic heterocycles. The first-order valence-corrected chi connectivity index (χ1v) is 7.27. The molecule has 4 heteroatoms. The summed E-state index contributed by atoms with van der Waals surface area (Å²) in [6.45, 7) is 1.98. The summed E-state index contributed by atoms with van der Waals surface area (Å²) >= 11 is 1.63. The van der Waals surface area contributed by atoms with Gasteiger partial charge in [0, 0.05) is 11.8 Å². The Bertz CT molecular complexity index is 507. The molecule has 0 saturated heterocycles. The predicted octanol–water partition coefficient (Wildman–Crippen LogP) is 3.00. The van der Waals surface area contributed by atoms with Crippen molar-refractivity contribution in [2.45, 2.75) is 32.3 Å². The molecule has 19 heavy (non-hydrogen) atoms. The third-order valence-electron chi connectivity index (χ3n) is 3.04. The number of hydrogen-bond acceptors (Lipinski definition) is 4. The van der Waals surface area contributed by atoms with Crippen LogP contribution in [0.1, 0.15) is 22.7 Å². The van der Waals surface area contributed by atoms with Crippen LogP contribution in [0.4, 0.5) is 0 Å². The Kier molecular flexibility index (Phi) is 4.93. The van der Waals surface area contributed by atoms with Crippen LogP contribution in [0.5, 0.6) is 5.75 Å². The van der Waals surface area contributed by atoms with Crippen molar-refractivity contribution in [3.05, 3.63) is 45.9 Å². The van der Waals surface area contributed by atoms with Gasteiger partial charge >= 0.3 is 0 Å². The summed E-state index contributed by atoms with van der Waals surface area (Å²) in [6, 6.07) is 7.98. The Morgan fingerprint density at radius 1 is 1.32 bits per heavy atom. The number of aliphatic hydroxyl groups is 1. The molecule has 1 N–H and O–H groups in total. The lowest BCUT2D eigenvalue weighted by molar-refractivity contribution is 0.164. The predicted molar refractivity (Wildman–Crippen MR) is 77.9 cm³/mol. The standard InChI is InChI=1S/C15H19NO2S/c1-11-16-13(10-19-11)9-14(17)6-3-12-4-7-15(18-2)8-5-12/h4-5,7-8,10,14,17H,3,6,9H2,1-2H3. The Hall–Kier alpha value is -1.39. The van der Waals surface area contributed by atoms with Gasteiger partial charge in [-0.05, 0) is 37.5 Å². The fourth-order valence-corrected chi connectivity index (χ4v) is 2.60. The molecule has 1 atom stereocenters. The molecule has 0 fully saturated rings. The molecule has 1 aromatic carbocycles. The van der Waals surface area contributed by atoms with Crippen molar-refractivity contribution in [3.63, 3.8) is 0 Å². The molecule has 0 bridgehead atoms. The second kappa shape index (κ2) is 6.68. The minimum absolute atomic E-state index is 0.330. The monoisotopic (exact) mass is 277 g/mol. The van der Waals surface area contributed by atoms with Crippen LogP contribution in [-0.2, 0) is 12.8 Å². The molecule has 0 spiro atoms. The Morgan fingerprint density at radius 2 is 2.05 bits per heavy atom. The van der Waals surface area contributed by atoms with Crippen LogP contribution in [0.2, 0.25) is 0 Å². The minimum atomic E-state index is -0.330. The fraction of sp³-hybridized carbons (Fsp3) is 0.400. The van der Waals surface area contributed by atoms with Gasteiger partial charge in [0.05, 0.1) is 23.9 Å². The maximum atomic E-state index is 10.0. The third-order valence-corrected chi connectivity index (χ3v) is 3.86. The molecule has 0 aliphatic carbocycles. The topological polar surface area (TPSA) is 42.4 Å². The number of ether oxygens (including phenoxy) is 1. The smallest absolute Gasteiger partial charge is 0.118 e. The fourth-order valence-electron chi connectivity index (χ4n) is 1.97. The van der Waals surface area contributed by atoms with Crippen molar-refractivity contribution in [3.8, 4) is 5.75 Å². The summed E-state index contributed by atoms with van der Waals surface area (Å²) in [6.07, 6.45) is 1.93. The molecule has 1 aromatic heterocycles. The van der Waals surface area contributed by atoms with E-state index in [1.165, 1.54) is 5.56 Å². The van der Waals surface area contributed by atoms with E-state index < -0.39 is 0 Å². The van der Waals surface area contributed by atoms with Crippen LogP contribution in [0.3, 0.4) is 0 Å². The molecule has 102 valence electrons. The van der Waals surface area contributed by atoms with Crippen LogP contribution in [0, 0.1) is 6.92 Å². The zero-order valence-corrected chi connectivity index (χ0v) is 12.1. The van der Waals surface area contributed by atoms with E-state index in [1.54, 1.807) is 18.4 Å². The summed E-state index contributed by atoms with van der Waals surface area (Å²) in [5, 5.41) is 13.1. The number of aliphatic hydroxyl groups excluding tert-OH is 1. The Balaban J connectivity index is 1.80. The molecule has 0 aliphatic rings. The van der Waals surface area contributed by atoms with E-state index in [9.17, 15) is 5.11 Å². The number of aryl methyl sites for hydroxylation is 2. The third kappa shape index (κ3) is 4.33. The lowest BCUT2D eigenvalue weighted by Gasteiger charge is -2.09. The van der Waals surface area contributed by atoms with Gasteiger partial charge in [0.2, 0.25) is 0 Å². The number of aromatic nitrogens is 1. The van der Waals surface area contributed by atoms with E-state index in [-0.39, 0.29) is 6.10 Å². The summed E-state index contributed by atoms with van der Waals surface area (Å²) < 4.78 is 5.12. The zero-order valence-electron chi connectivity index (χ0n) is 11.3. The lowest BCUT2D eigenvalue weighted by atomic mass is 10.0. The average molecular weight is 277 g/mol. The van der Waals surface area contributed by atoms with Crippen LogP contribution in [0.25, 0.3) is 0 Å². The van der Waals surface area contributed by atoms with Crippen molar-refractivity contribution in [2.24, 2.45) is 0 Å². The molecule has 0 saturated carbocycles. The van der Waals surface area contributed by atoms with E-state index in [4.69, 9.17) is 4.74 Å². The number of rotatable bonds is 6. The van der Waals surface area contributed by atoms with E-state index in [2.05, 4.69) is 4.98 Å². The number of nitrogens with zero attached hydrogens (tertiary/aromatic N) is 1. The van der Waals surface area contributed by atoms with Gasteiger partial charge in [-0.3, -0.25) is 0 Å². The second-order valence-electron chi connectivity index (χ2n) is 4.60. The molecule has 3 nitrogen and oxygen atoms in total. The molecular formula is C15H19NO2S. The number of hydrogen-bond donors (Lipinski definition) is 1. The number of benzene rings is 1. The van der Waals surface area contributed by atoms with E-state index >= 15 is 0 Å². The maximum Gasteiger partial charge on any atom is 0.118 e. The van der Waals surface area contributed by atoms with Gasteiger partial charge in [-0.2, -0.15) is 0 Å². The Labute approximate surface area is 117 Å². The summed E-state index contributed by atoms with van der Waals surface area (Å²) in [4.78, 5) is 4.37. The Morgan fingerprint density at radius 3 is 2.63 bits per heavy atom. The number of methoxy groups -OCH3 is 1. The van der Waals surface area contributed by atoms with Crippen LogP contribution in [-0.4, -0.2) is 23.3 Å². The highest BCUT2D eigenvalue weighted by atomic mass is 32.1. The quantitative estimate of drug-likeness (QED) is 0.882. The summed E-state index contributed by atoms with van der Waals surface area (Å²) in [7, 11) is 1.66. The van der Waals surface area contributed by atoms with Crippen molar-refractivity contribution in [1.82, 2.24) is 4.98 Å². The van der Waals surface area contributed by atoms with Gasteiger partial charge in [-0.15, -0.1) is 11.3 Å². The highest BCUT2D eigenvalue weighted by Gasteiger charge is 2.08. The van der Waals surface area contributed by atoms with Gasteiger partial charge in [0.15, 0.2) is 0 Å². The molecule has 1 heterocycles. The SMILES string of the molecule is COc1ccc(CCC(O)Cc2csc(C)n2)cc1. The second-order valence-corrected chi connectivity index (χ2v) is 5.66. The van der Waals surface area contributed by atoms with Crippen molar-refractivity contribution < 1.29 is 9.84 Å².